The van der Waals surface area contributed by atoms with Gasteiger partial charge in [-0.2, -0.15) is 0 Å². The van der Waals surface area contributed by atoms with E-state index in [0.29, 0.717) is 0 Å². The molecule has 3 aliphatic rings. The van der Waals surface area contributed by atoms with E-state index in [1.54, 1.807) is 0 Å². The predicted molar refractivity (Wildman–Crippen MR) is 67.6 cm³/mol. The van der Waals surface area contributed by atoms with Gasteiger partial charge in [-0.3, -0.25) is 0 Å². The van der Waals surface area contributed by atoms with Crippen LogP contribution in [0.1, 0.15) is 6.92 Å². The second-order valence-corrected chi connectivity index (χ2v) is 4.85. The Morgan fingerprint density at radius 2 is 2.18 bits per heavy atom. The standard InChI is InChI=1S/C15H13NO/c1-9-6-11-15-13(7-9)17-12-5-3-4-10(14(12)15)8-16(11)2/h3-8,13H,1-2H3. The maximum Gasteiger partial charge on any atom is 0.145 e. The summed E-state index contributed by atoms with van der Waals surface area (Å²) in [5, 5.41) is 2.54. The third-order valence-electron chi connectivity index (χ3n) is 3.63. The van der Waals surface area contributed by atoms with Crippen LogP contribution in [0.3, 0.4) is 0 Å². The van der Waals surface area contributed by atoms with Crippen molar-refractivity contribution in [3.8, 4) is 5.75 Å². The Balaban J connectivity index is 2.19. The summed E-state index contributed by atoms with van der Waals surface area (Å²) in [4.78, 5) is 2.19. The Morgan fingerprint density at radius 1 is 1.29 bits per heavy atom. The lowest BCUT2D eigenvalue weighted by Crippen LogP contribution is -2.36. The molecule has 0 radical (unpaired) electrons. The fourth-order valence-electron chi connectivity index (χ4n) is 2.92. The number of hydrogen-bond acceptors (Lipinski definition) is 2. The fourth-order valence-corrected chi connectivity index (χ4v) is 2.92. The van der Waals surface area contributed by atoms with E-state index >= 15 is 0 Å². The van der Waals surface area contributed by atoms with Crippen molar-refractivity contribution in [1.29, 1.82) is 0 Å². The van der Waals surface area contributed by atoms with E-state index in [2.05, 4.69) is 55.4 Å². The number of hydrogen-bond donors (Lipinski definition) is 0. The molecule has 0 aromatic heterocycles. The van der Waals surface area contributed by atoms with Gasteiger partial charge in [0.05, 0.1) is 0 Å². The summed E-state index contributed by atoms with van der Waals surface area (Å²) < 4.78 is 6.02. The summed E-state index contributed by atoms with van der Waals surface area (Å²) in [5.74, 6) is 1.02. The van der Waals surface area contributed by atoms with E-state index in [4.69, 9.17) is 4.74 Å². The summed E-state index contributed by atoms with van der Waals surface area (Å²) >= 11 is 0. The van der Waals surface area contributed by atoms with E-state index < -0.39 is 0 Å². The first kappa shape index (κ1) is 9.11. The van der Waals surface area contributed by atoms with E-state index in [9.17, 15) is 0 Å². The lowest BCUT2D eigenvalue weighted by molar-refractivity contribution is 0.313. The van der Waals surface area contributed by atoms with Crippen LogP contribution in [0.15, 0.2) is 41.6 Å². The monoisotopic (exact) mass is 223 g/mol. The zero-order valence-corrected chi connectivity index (χ0v) is 9.90. The lowest BCUT2D eigenvalue weighted by Gasteiger charge is -2.27. The molecule has 0 amide bonds. The van der Waals surface area contributed by atoms with E-state index in [0.717, 1.165) is 5.75 Å². The van der Waals surface area contributed by atoms with Crippen LogP contribution in [0.4, 0.5) is 0 Å². The van der Waals surface area contributed by atoms with Gasteiger partial charge in [0.1, 0.15) is 11.9 Å². The Hall–Kier alpha value is -1.96. The minimum absolute atomic E-state index is 0.0994. The summed E-state index contributed by atoms with van der Waals surface area (Å²) in [5.41, 5.74) is 3.86. The normalized spacial score (nSPS) is 23.5. The predicted octanol–water partition coefficient (Wildman–Crippen LogP) is 1.13. The number of benzene rings is 1. The van der Waals surface area contributed by atoms with Gasteiger partial charge >= 0.3 is 0 Å². The minimum atomic E-state index is 0.0994. The molecule has 2 heteroatoms. The molecule has 1 aromatic rings. The molecule has 17 heavy (non-hydrogen) atoms. The van der Waals surface area contributed by atoms with Crippen molar-refractivity contribution in [2.75, 3.05) is 7.05 Å². The average Bonchev–Trinajstić information content (AvgIpc) is 2.65. The van der Waals surface area contributed by atoms with Crippen LogP contribution in [0.25, 0.3) is 11.8 Å². The van der Waals surface area contributed by atoms with Crippen LogP contribution >= 0.6 is 0 Å². The average molecular weight is 223 g/mol. The Bertz CT molecular complexity index is 709. The molecule has 1 unspecified atom stereocenters. The Morgan fingerprint density at radius 3 is 3.06 bits per heavy atom. The first-order chi connectivity index (χ1) is 8.24. The molecule has 0 fully saturated rings. The van der Waals surface area contributed by atoms with Crippen molar-refractivity contribution >= 4 is 11.8 Å². The maximum atomic E-state index is 6.02. The van der Waals surface area contributed by atoms with Crippen LogP contribution in [0, 0.1) is 0 Å². The van der Waals surface area contributed by atoms with Crippen molar-refractivity contribution in [3.63, 3.8) is 0 Å². The number of allylic oxidation sites excluding steroid dienone is 2. The topological polar surface area (TPSA) is 12.5 Å². The van der Waals surface area contributed by atoms with Crippen molar-refractivity contribution in [2.24, 2.45) is 0 Å². The van der Waals surface area contributed by atoms with Crippen molar-refractivity contribution < 1.29 is 4.74 Å². The van der Waals surface area contributed by atoms with Gasteiger partial charge in [-0.25, -0.2) is 0 Å². The highest BCUT2D eigenvalue weighted by Gasteiger charge is 2.32. The van der Waals surface area contributed by atoms with Gasteiger partial charge in [0.2, 0.25) is 0 Å². The molecule has 2 heterocycles. The molecular weight excluding hydrogens is 210 g/mol. The summed E-state index contributed by atoms with van der Waals surface area (Å²) in [7, 11) is 2.10. The Labute approximate surface area is 99.8 Å². The maximum absolute atomic E-state index is 6.02. The third kappa shape index (κ3) is 1.05. The molecule has 1 aliphatic carbocycles. The molecular formula is C15H13NO. The van der Waals surface area contributed by atoms with Gasteiger partial charge in [-0.1, -0.05) is 12.1 Å². The molecule has 84 valence electrons. The molecule has 0 spiro atoms. The summed E-state index contributed by atoms with van der Waals surface area (Å²) in [6, 6.07) is 6.27. The fraction of sp³-hybridized carbons (Fsp3) is 0.200. The van der Waals surface area contributed by atoms with Crippen LogP contribution in [-0.2, 0) is 0 Å². The van der Waals surface area contributed by atoms with Crippen molar-refractivity contribution in [3.05, 3.63) is 52.1 Å². The number of rotatable bonds is 0. The summed E-state index contributed by atoms with van der Waals surface area (Å²) in [6.45, 7) is 2.12. The van der Waals surface area contributed by atoms with Gasteiger partial charge in [0.15, 0.2) is 0 Å². The van der Waals surface area contributed by atoms with E-state index in [1.807, 2.05) is 0 Å². The van der Waals surface area contributed by atoms with Gasteiger partial charge in [-0.15, -0.1) is 0 Å². The van der Waals surface area contributed by atoms with Crippen molar-refractivity contribution in [2.45, 2.75) is 13.0 Å². The molecule has 1 atom stereocenters. The summed E-state index contributed by atoms with van der Waals surface area (Å²) in [6.07, 6.45) is 6.71. The van der Waals surface area contributed by atoms with Gasteiger partial charge < -0.3 is 9.64 Å². The van der Waals surface area contributed by atoms with E-state index in [1.165, 1.54) is 27.3 Å². The van der Waals surface area contributed by atoms with Crippen LogP contribution < -0.4 is 15.2 Å². The molecule has 0 saturated carbocycles. The molecule has 2 aliphatic heterocycles. The first-order valence-corrected chi connectivity index (χ1v) is 5.89. The van der Waals surface area contributed by atoms with Gasteiger partial charge in [0, 0.05) is 35.0 Å². The quantitative estimate of drug-likeness (QED) is 0.653. The van der Waals surface area contributed by atoms with Crippen LogP contribution in [0.5, 0.6) is 5.75 Å². The van der Waals surface area contributed by atoms with Crippen molar-refractivity contribution in [1.82, 2.24) is 4.90 Å². The van der Waals surface area contributed by atoms with Gasteiger partial charge in [0.25, 0.3) is 0 Å². The largest absolute Gasteiger partial charge is 0.481 e. The smallest absolute Gasteiger partial charge is 0.145 e. The minimum Gasteiger partial charge on any atom is -0.481 e. The molecule has 0 saturated heterocycles. The second-order valence-electron chi connectivity index (χ2n) is 4.85. The highest BCUT2D eigenvalue weighted by molar-refractivity contribution is 5.79. The van der Waals surface area contributed by atoms with Crippen LogP contribution in [-0.4, -0.2) is 18.1 Å². The number of ether oxygens (including phenoxy) is 1. The second kappa shape index (κ2) is 2.83. The Kier molecular flexibility index (Phi) is 1.52. The zero-order valence-electron chi connectivity index (χ0n) is 9.90. The lowest BCUT2D eigenvalue weighted by atomic mass is 9.93. The van der Waals surface area contributed by atoms with Crippen LogP contribution in [0.2, 0.25) is 0 Å². The SMILES string of the molecule is CC1=CC2Oc3cccc4c3=C2C(=C1)N(C)C=4. The molecule has 4 rings (SSSR count). The highest BCUT2D eigenvalue weighted by Crippen LogP contribution is 2.33. The molecule has 0 bridgehead atoms. The molecule has 2 nitrogen and oxygen atoms in total. The van der Waals surface area contributed by atoms with E-state index in [-0.39, 0.29) is 6.10 Å². The zero-order chi connectivity index (χ0) is 11.6. The molecule has 1 aromatic carbocycles. The van der Waals surface area contributed by atoms with Gasteiger partial charge in [-0.05, 0) is 30.7 Å². The third-order valence-corrected chi connectivity index (χ3v) is 3.63. The highest BCUT2D eigenvalue weighted by atomic mass is 16.5. The molecule has 0 N–H and O–H groups in total. The number of nitrogens with zero attached hydrogens (tertiary/aromatic N) is 1. The first-order valence-electron chi connectivity index (χ1n) is 5.89.